The summed E-state index contributed by atoms with van der Waals surface area (Å²) >= 11 is 0. The van der Waals surface area contributed by atoms with E-state index in [2.05, 4.69) is 4.90 Å². The van der Waals surface area contributed by atoms with Crippen LogP contribution in [0.15, 0.2) is 0 Å². The third-order valence-corrected chi connectivity index (χ3v) is 4.42. The Kier molecular flexibility index (Phi) is 6.61. The van der Waals surface area contributed by atoms with Crippen molar-refractivity contribution < 1.29 is 9.59 Å². The molecular weight excluding hydrogens is 268 g/mol. The van der Waals surface area contributed by atoms with Crippen molar-refractivity contribution in [2.75, 3.05) is 46.8 Å². The fourth-order valence-electron chi connectivity index (χ4n) is 2.53. The molecule has 1 heterocycles. The number of rotatable bonds is 5. The van der Waals surface area contributed by atoms with E-state index in [-0.39, 0.29) is 11.8 Å². The van der Waals surface area contributed by atoms with Crippen LogP contribution in [0.3, 0.4) is 0 Å². The van der Waals surface area contributed by atoms with Crippen LogP contribution in [0, 0.1) is 0 Å². The van der Waals surface area contributed by atoms with Crippen molar-refractivity contribution in [3.05, 3.63) is 0 Å². The Labute approximate surface area is 128 Å². The average molecular weight is 298 g/mol. The summed E-state index contributed by atoms with van der Waals surface area (Å²) in [6.07, 6.45) is 2.19. The van der Waals surface area contributed by atoms with Gasteiger partial charge in [0.2, 0.25) is 11.8 Å². The second kappa shape index (κ2) is 7.75. The van der Waals surface area contributed by atoms with E-state index >= 15 is 0 Å². The highest BCUT2D eigenvalue weighted by Gasteiger charge is 2.34. The monoisotopic (exact) mass is 298 g/mol. The predicted octanol–water partition coefficient (Wildman–Crippen LogP) is 0.126. The molecule has 0 radical (unpaired) electrons. The molecule has 0 aromatic heterocycles. The van der Waals surface area contributed by atoms with E-state index in [0.29, 0.717) is 25.9 Å². The molecule has 6 nitrogen and oxygen atoms in total. The lowest BCUT2D eigenvalue weighted by atomic mass is 9.92. The molecule has 0 saturated carbocycles. The molecule has 6 heteroatoms. The molecule has 0 bridgehead atoms. The molecule has 0 unspecified atom stereocenters. The minimum absolute atomic E-state index is 0.0493. The SMILES string of the molecule is CCC(N)(CC)C(=O)N1CCCN(CC(=O)N(C)C)CC1. The lowest BCUT2D eigenvalue weighted by molar-refractivity contribution is -0.137. The number of nitrogens with zero attached hydrogens (tertiary/aromatic N) is 3. The van der Waals surface area contributed by atoms with E-state index in [4.69, 9.17) is 5.73 Å². The highest BCUT2D eigenvalue weighted by atomic mass is 16.2. The maximum Gasteiger partial charge on any atom is 0.242 e. The van der Waals surface area contributed by atoms with Gasteiger partial charge in [-0.25, -0.2) is 0 Å². The lowest BCUT2D eigenvalue weighted by Gasteiger charge is -2.32. The van der Waals surface area contributed by atoms with Gasteiger partial charge in [0.25, 0.3) is 0 Å². The molecule has 0 aromatic rings. The van der Waals surface area contributed by atoms with Crippen LogP contribution < -0.4 is 5.73 Å². The van der Waals surface area contributed by atoms with Crippen LogP contribution in [0.25, 0.3) is 0 Å². The highest BCUT2D eigenvalue weighted by molar-refractivity contribution is 5.86. The molecule has 1 fully saturated rings. The number of hydrogen-bond donors (Lipinski definition) is 1. The van der Waals surface area contributed by atoms with Crippen LogP contribution in [0.4, 0.5) is 0 Å². The zero-order chi connectivity index (χ0) is 16.0. The summed E-state index contributed by atoms with van der Waals surface area (Å²) in [5.41, 5.74) is 5.47. The van der Waals surface area contributed by atoms with Gasteiger partial charge in [0, 0.05) is 40.3 Å². The van der Waals surface area contributed by atoms with Crippen molar-refractivity contribution in [2.45, 2.75) is 38.6 Å². The molecule has 122 valence electrons. The Morgan fingerprint density at radius 3 is 2.24 bits per heavy atom. The Morgan fingerprint density at radius 1 is 1.10 bits per heavy atom. The fraction of sp³-hybridized carbons (Fsp3) is 0.867. The molecular formula is C15H30N4O2. The first-order chi connectivity index (χ1) is 9.84. The van der Waals surface area contributed by atoms with Gasteiger partial charge in [-0.3, -0.25) is 14.5 Å². The largest absolute Gasteiger partial charge is 0.348 e. The van der Waals surface area contributed by atoms with Gasteiger partial charge in [-0.05, 0) is 19.3 Å². The summed E-state index contributed by atoms with van der Waals surface area (Å²) in [6, 6.07) is 0. The van der Waals surface area contributed by atoms with E-state index in [1.165, 1.54) is 0 Å². The molecule has 0 aromatic carbocycles. The number of likely N-dealkylation sites (N-methyl/N-ethyl adjacent to an activating group) is 1. The summed E-state index contributed by atoms with van der Waals surface area (Å²) in [5.74, 6) is 0.151. The maximum absolute atomic E-state index is 12.6. The minimum atomic E-state index is -0.741. The van der Waals surface area contributed by atoms with Gasteiger partial charge in [-0.1, -0.05) is 13.8 Å². The van der Waals surface area contributed by atoms with E-state index in [9.17, 15) is 9.59 Å². The van der Waals surface area contributed by atoms with Gasteiger partial charge in [-0.15, -0.1) is 0 Å². The van der Waals surface area contributed by atoms with Crippen molar-refractivity contribution in [2.24, 2.45) is 5.73 Å². The van der Waals surface area contributed by atoms with Crippen LogP contribution in [0.1, 0.15) is 33.1 Å². The zero-order valence-electron chi connectivity index (χ0n) is 13.9. The second-order valence-corrected chi connectivity index (χ2v) is 6.07. The van der Waals surface area contributed by atoms with Crippen molar-refractivity contribution in [3.8, 4) is 0 Å². The highest BCUT2D eigenvalue weighted by Crippen LogP contribution is 2.16. The maximum atomic E-state index is 12.6. The third kappa shape index (κ3) is 4.68. The third-order valence-electron chi connectivity index (χ3n) is 4.42. The Morgan fingerprint density at radius 2 is 1.71 bits per heavy atom. The van der Waals surface area contributed by atoms with E-state index in [1.54, 1.807) is 19.0 Å². The zero-order valence-corrected chi connectivity index (χ0v) is 13.9. The topological polar surface area (TPSA) is 69.9 Å². The average Bonchev–Trinajstić information content (AvgIpc) is 2.71. The van der Waals surface area contributed by atoms with Crippen molar-refractivity contribution in [1.82, 2.24) is 14.7 Å². The van der Waals surface area contributed by atoms with Gasteiger partial charge in [-0.2, -0.15) is 0 Å². The molecule has 2 amide bonds. The Balaban J connectivity index is 2.60. The Bertz CT molecular complexity index is 367. The van der Waals surface area contributed by atoms with Crippen molar-refractivity contribution in [3.63, 3.8) is 0 Å². The smallest absolute Gasteiger partial charge is 0.242 e. The number of carbonyl (C=O) groups excluding carboxylic acids is 2. The van der Waals surface area contributed by atoms with Gasteiger partial charge in [0.05, 0.1) is 12.1 Å². The van der Waals surface area contributed by atoms with Crippen molar-refractivity contribution >= 4 is 11.8 Å². The van der Waals surface area contributed by atoms with E-state index in [1.807, 2.05) is 18.7 Å². The van der Waals surface area contributed by atoms with Crippen LogP contribution in [-0.4, -0.2) is 78.9 Å². The second-order valence-electron chi connectivity index (χ2n) is 6.07. The standard InChI is InChI=1S/C15H30N4O2/c1-5-15(16,6-2)14(21)19-9-7-8-18(10-11-19)12-13(20)17(3)4/h5-12,16H2,1-4H3. The van der Waals surface area contributed by atoms with Crippen LogP contribution in [0.2, 0.25) is 0 Å². The first kappa shape index (κ1) is 17.9. The quantitative estimate of drug-likeness (QED) is 0.783. The summed E-state index contributed by atoms with van der Waals surface area (Å²) in [7, 11) is 3.53. The molecule has 21 heavy (non-hydrogen) atoms. The van der Waals surface area contributed by atoms with Crippen LogP contribution in [-0.2, 0) is 9.59 Å². The van der Waals surface area contributed by atoms with Gasteiger partial charge < -0.3 is 15.5 Å². The summed E-state index contributed by atoms with van der Waals surface area (Å²) in [5, 5.41) is 0. The molecule has 2 N–H and O–H groups in total. The van der Waals surface area contributed by atoms with E-state index in [0.717, 1.165) is 26.1 Å². The summed E-state index contributed by atoms with van der Waals surface area (Å²) < 4.78 is 0. The minimum Gasteiger partial charge on any atom is -0.348 e. The van der Waals surface area contributed by atoms with Gasteiger partial charge >= 0.3 is 0 Å². The first-order valence-electron chi connectivity index (χ1n) is 7.84. The van der Waals surface area contributed by atoms with Crippen LogP contribution >= 0.6 is 0 Å². The fourth-order valence-corrected chi connectivity index (χ4v) is 2.53. The molecule has 1 aliphatic rings. The summed E-state index contributed by atoms with van der Waals surface area (Å²) in [4.78, 5) is 29.9. The molecule has 0 spiro atoms. The normalized spacial score (nSPS) is 17.5. The molecule has 1 aliphatic heterocycles. The number of nitrogens with two attached hydrogens (primary N) is 1. The Hall–Kier alpha value is -1.14. The number of carbonyl (C=O) groups is 2. The predicted molar refractivity (Wildman–Crippen MR) is 83.8 cm³/mol. The molecule has 0 atom stereocenters. The molecule has 0 aliphatic carbocycles. The first-order valence-corrected chi connectivity index (χ1v) is 7.84. The summed E-state index contributed by atoms with van der Waals surface area (Å²) in [6.45, 7) is 7.30. The van der Waals surface area contributed by atoms with Crippen molar-refractivity contribution in [1.29, 1.82) is 0 Å². The van der Waals surface area contributed by atoms with Gasteiger partial charge in [0.15, 0.2) is 0 Å². The molecule has 1 saturated heterocycles. The number of hydrogen-bond acceptors (Lipinski definition) is 4. The van der Waals surface area contributed by atoms with Crippen LogP contribution in [0.5, 0.6) is 0 Å². The van der Waals surface area contributed by atoms with E-state index < -0.39 is 5.54 Å². The van der Waals surface area contributed by atoms with Gasteiger partial charge in [0.1, 0.15) is 0 Å². The lowest BCUT2D eigenvalue weighted by Crippen LogP contribution is -2.55. The number of amides is 2. The molecule has 1 rings (SSSR count).